The van der Waals surface area contributed by atoms with Crippen molar-refractivity contribution < 1.29 is 0 Å². The van der Waals surface area contributed by atoms with Crippen molar-refractivity contribution in [2.75, 3.05) is 0 Å². The van der Waals surface area contributed by atoms with Crippen LogP contribution in [0.1, 0.15) is 53.9 Å². The average Bonchev–Trinajstić information content (AvgIpc) is 2.21. The van der Waals surface area contributed by atoms with Gasteiger partial charge in [-0.15, -0.1) is 0 Å². The van der Waals surface area contributed by atoms with E-state index in [4.69, 9.17) is 0 Å². The van der Waals surface area contributed by atoms with Gasteiger partial charge in [-0.05, 0) is 47.8 Å². The molecule has 14 heavy (non-hydrogen) atoms. The Bertz CT molecular complexity index is 220. The van der Waals surface area contributed by atoms with Crippen LogP contribution in [-0.2, 0) is 0 Å². The summed E-state index contributed by atoms with van der Waals surface area (Å²) < 4.78 is 0. The summed E-state index contributed by atoms with van der Waals surface area (Å²) in [6.07, 6.45) is 4.40. The molecular formula is C14H26. The van der Waals surface area contributed by atoms with Gasteiger partial charge in [-0.2, -0.15) is 0 Å². The zero-order chi connectivity index (χ0) is 10.5. The zero-order valence-corrected chi connectivity index (χ0v) is 10.5. The molecule has 2 fully saturated rings. The van der Waals surface area contributed by atoms with Crippen molar-refractivity contribution in [1.29, 1.82) is 0 Å². The van der Waals surface area contributed by atoms with Gasteiger partial charge in [0.25, 0.3) is 0 Å². The third kappa shape index (κ3) is 1.19. The molecule has 0 aliphatic heterocycles. The summed E-state index contributed by atoms with van der Waals surface area (Å²) in [5.74, 6) is 5.08. The molecule has 2 aliphatic rings. The third-order valence-corrected chi connectivity index (χ3v) is 6.08. The zero-order valence-electron chi connectivity index (χ0n) is 10.5. The van der Waals surface area contributed by atoms with E-state index in [-0.39, 0.29) is 0 Å². The summed E-state index contributed by atoms with van der Waals surface area (Å²) >= 11 is 0. The highest BCUT2D eigenvalue weighted by atomic mass is 14.6. The molecule has 0 radical (unpaired) electrons. The van der Waals surface area contributed by atoms with Crippen LogP contribution in [0.25, 0.3) is 0 Å². The highest BCUT2D eigenvalue weighted by Gasteiger charge is 2.54. The fourth-order valence-electron chi connectivity index (χ4n) is 4.01. The van der Waals surface area contributed by atoms with E-state index < -0.39 is 0 Å². The molecule has 82 valence electrons. The van der Waals surface area contributed by atoms with Gasteiger partial charge in [0.1, 0.15) is 0 Å². The predicted octanol–water partition coefficient (Wildman–Crippen LogP) is 4.35. The van der Waals surface area contributed by atoms with Gasteiger partial charge in [-0.1, -0.05) is 41.0 Å². The molecular weight excluding hydrogens is 168 g/mol. The number of hydrogen-bond donors (Lipinski definition) is 0. The molecule has 2 aliphatic carbocycles. The molecule has 6 unspecified atom stereocenters. The van der Waals surface area contributed by atoms with Gasteiger partial charge in [-0.25, -0.2) is 0 Å². The normalized spacial score (nSPS) is 57.6. The highest BCUT2D eigenvalue weighted by Crippen LogP contribution is 2.62. The van der Waals surface area contributed by atoms with Crippen molar-refractivity contribution in [2.24, 2.45) is 35.0 Å². The molecule has 6 atom stereocenters. The predicted molar refractivity (Wildman–Crippen MR) is 62.1 cm³/mol. The Morgan fingerprint density at radius 3 is 2.14 bits per heavy atom. The lowest BCUT2D eigenvalue weighted by atomic mass is 9.44. The van der Waals surface area contributed by atoms with Crippen molar-refractivity contribution in [3.05, 3.63) is 0 Å². The molecule has 0 aromatic rings. The summed E-state index contributed by atoms with van der Waals surface area (Å²) in [7, 11) is 0. The molecule has 0 saturated heterocycles. The number of hydrogen-bond acceptors (Lipinski definition) is 0. The Kier molecular flexibility index (Phi) is 2.44. The van der Waals surface area contributed by atoms with Crippen LogP contribution in [0.5, 0.6) is 0 Å². The standard InChI is InChI=1S/C14H26/c1-6-14(5)10(3)8-13(14)12-7-9(2)11(12)4/h9-13H,6-8H2,1-5H3. The van der Waals surface area contributed by atoms with E-state index in [0.717, 1.165) is 29.6 Å². The maximum absolute atomic E-state index is 2.53. The molecule has 2 saturated carbocycles. The quantitative estimate of drug-likeness (QED) is 0.613. The van der Waals surface area contributed by atoms with Crippen LogP contribution >= 0.6 is 0 Å². The van der Waals surface area contributed by atoms with Crippen molar-refractivity contribution in [1.82, 2.24) is 0 Å². The van der Waals surface area contributed by atoms with Gasteiger partial charge in [0, 0.05) is 0 Å². The first kappa shape index (κ1) is 10.5. The van der Waals surface area contributed by atoms with Gasteiger partial charge in [-0.3, -0.25) is 0 Å². The molecule has 0 bridgehead atoms. The van der Waals surface area contributed by atoms with E-state index >= 15 is 0 Å². The minimum absolute atomic E-state index is 0.680. The van der Waals surface area contributed by atoms with Crippen LogP contribution in [0.4, 0.5) is 0 Å². The van der Waals surface area contributed by atoms with E-state index in [1.165, 1.54) is 19.3 Å². The summed E-state index contributed by atoms with van der Waals surface area (Å²) in [4.78, 5) is 0. The van der Waals surface area contributed by atoms with E-state index in [1.54, 1.807) is 0 Å². The smallest absolute Gasteiger partial charge is 0.0272 e. The first-order valence-corrected chi connectivity index (χ1v) is 6.50. The van der Waals surface area contributed by atoms with Crippen LogP contribution in [0.2, 0.25) is 0 Å². The van der Waals surface area contributed by atoms with Crippen LogP contribution in [-0.4, -0.2) is 0 Å². The van der Waals surface area contributed by atoms with Gasteiger partial charge >= 0.3 is 0 Å². The molecule has 0 nitrogen and oxygen atoms in total. The maximum atomic E-state index is 2.53. The lowest BCUT2D eigenvalue weighted by Crippen LogP contribution is -2.54. The Hall–Kier alpha value is 0. The SMILES string of the molecule is CCC1(C)C(C)CC1C1CC(C)C1C. The maximum Gasteiger partial charge on any atom is -0.0272 e. The van der Waals surface area contributed by atoms with Gasteiger partial charge in [0.2, 0.25) is 0 Å². The van der Waals surface area contributed by atoms with E-state index in [1.807, 2.05) is 0 Å². The first-order valence-electron chi connectivity index (χ1n) is 6.50. The number of rotatable bonds is 2. The van der Waals surface area contributed by atoms with Crippen LogP contribution in [0, 0.1) is 35.0 Å². The molecule has 0 aromatic heterocycles. The molecule has 0 N–H and O–H groups in total. The minimum atomic E-state index is 0.680. The second-order valence-corrected chi connectivity index (χ2v) is 6.34. The molecule has 0 amide bonds. The topological polar surface area (TPSA) is 0 Å². The summed E-state index contributed by atoms with van der Waals surface area (Å²) in [5.41, 5.74) is 0.680. The van der Waals surface area contributed by atoms with Gasteiger partial charge in [0.05, 0.1) is 0 Å². The van der Waals surface area contributed by atoms with Crippen molar-refractivity contribution in [2.45, 2.75) is 53.9 Å². The Balaban J connectivity index is 2.01. The second-order valence-electron chi connectivity index (χ2n) is 6.34. The van der Waals surface area contributed by atoms with E-state index in [0.29, 0.717) is 5.41 Å². The molecule has 0 heteroatoms. The summed E-state index contributed by atoms with van der Waals surface area (Å²) in [6, 6.07) is 0. The summed E-state index contributed by atoms with van der Waals surface area (Å²) in [5, 5.41) is 0. The van der Waals surface area contributed by atoms with Crippen molar-refractivity contribution in [3.63, 3.8) is 0 Å². The fraction of sp³-hybridized carbons (Fsp3) is 1.00. The molecule has 2 rings (SSSR count). The molecule has 0 aromatic carbocycles. The first-order chi connectivity index (χ1) is 6.50. The van der Waals surface area contributed by atoms with E-state index in [2.05, 4.69) is 34.6 Å². The Morgan fingerprint density at radius 2 is 1.79 bits per heavy atom. The molecule has 0 heterocycles. The molecule has 0 spiro atoms. The van der Waals surface area contributed by atoms with Crippen LogP contribution in [0.15, 0.2) is 0 Å². The minimum Gasteiger partial charge on any atom is -0.0648 e. The van der Waals surface area contributed by atoms with Crippen molar-refractivity contribution >= 4 is 0 Å². The van der Waals surface area contributed by atoms with Crippen LogP contribution < -0.4 is 0 Å². The van der Waals surface area contributed by atoms with Crippen LogP contribution in [0.3, 0.4) is 0 Å². The summed E-state index contributed by atoms with van der Waals surface area (Å²) in [6.45, 7) is 12.3. The van der Waals surface area contributed by atoms with Gasteiger partial charge in [0.15, 0.2) is 0 Å². The Morgan fingerprint density at radius 1 is 1.14 bits per heavy atom. The lowest BCUT2D eigenvalue weighted by molar-refractivity contribution is -0.122. The second kappa shape index (κ2) is 3.25. The Labute approximate surface area is 89.5 Å². The lowest BCUT2D eigenvalue weighted by Gasteiger charge is -2.61. The third-order valence-electron chi connectivity index (χ3n) is 6.08. The fourth-order valence-corrected chi connectivity index (χ4v) is 4.01. The monoisotopic (exact) mass is 194 g/mol. The van der Waals surface area contributed by atoms with Gasteiger partial charge < -0.3 is 0 Å². The van der Waals surface area contributed by atoms with E-state index in [9.17, 15) is 0 Å². The van der Waals surface area contributed by atoms with Crippen molar-refractivity contribution in [3.8, 4) is 0 Å². The largest absolute Gasteiger partial charge is 0.0648 e. The highest BCUT2D eigenvalue weighted by molar-refractivity contribution is 5.03. The average molecular weight is 194 g/mol.